The van der Waals surface area contributed by atoms with Gasteiger partial charge in [-0.2, -0.15) is 0 Å². The predicted octanol–water partition coefficient (Wildman–Crippen LogP) is 6.30. The Balaban J connectivity index is 0.00000400. The largest absolute Gasteiger partial charge is 1.00 e. The van der Waals surface area contributed by atoms with E-state index in [1.807, 2.05) is 80.6 Å². The fraction of sp³-hybridized carbons (Fsp3) is 0.222. The van der Waals surface area contributed by atoms with Gasteiger partial charge in [-0.25, -0.2) is 8.42 Å². The Morgan fingerprint density at radius 2 is 1.40 bits per heavy atom. The van der Waals surface area contributed by atoms with E-state index < -0.39 is 15.1 Å². The Bertz CT molecular complexity index is 1890. The van der Waals surface area contributed by atoms with Crippen LogP contribution in [-0.4, -0.2) is 13.0 Å². The van der Waals surface area contributed by atoms with Crippen molar-refractivity contribution in [2.75, 3.05) is 9.80 Å². The number of hydrogen-bond donors (Lipinski definition) is 0. The summed E-state index contributed by atoms with van der Waals surface area (Å²) < 4.78 is 54.0. The van der Waals surface area contributed by atoms with Gasteiger partial charge < -0.3 is 18.9 Å². The van der Waals surface area contributed by atoms with Gasteiger partial charge in [0.15, 0.2) is 28.0 Å². The van der Waals surface area contributed by atoms with Crippen molar-refractivity contribution in [1.82, 2.24) is 0 Å². The number of allylic oxidation sites excluding steroid dienone is 1. The number of anilines is 4. The molecule has 45 heavy (non-hydrogen) atoms. The van der Waals surface area contributed by atoms with Crippen molar-refractivity contribution in [3.8, 4) is 23.0 Å². The van der Waals surface area contributed by atoms with Crippen molar-refractivity contribution in [3.63, 3.8) is 0 Å². The van der Waals surface area contributed by atoms with Crippen LogP contribution in [0.2, 0.25) is 0 Å². The summed E-state index contributed by atoms with van der Waals surface area (Å²) in [7, 11) is -5.15. The molecule has 0 bridgehead atoms. The van der Waals surface area contributed by atoms with Gasteiger partial charge >= 0.3 is 29.6 Å². The quantitative estimate of drug-likeness (QED) is 0.128. The van der Waals surface area contributed by atoms with E-state index in [2.05, 4.69) is 26.5 Å². The molecule has 0 saturated heterocycles. The Morgan fingerprint density at radius 3 is 1.98 bits per heavy atom. The molecule has 0 radical (unpaired) electrons. The zero-order valence-corrected chi connectivity index (χ0v) is 29.2. The van der Waals surface area contributed by atoms with Crippen LogP contribution in [0.4, 0.5) is 22.7 Å². The summed E-state index contributed by atoms with van der Waals surface area (Å²) in [5, 5.41) is -0.430. The number of aryl methyl sites for hydroxylation is 3. The maximum absolute atomic E-state index is 13.8. The van der Waals surface area contributed by atoms with Crippen LogP contribution in [-0.2, 0) is 23.0 Å². The summed E-state index contributed by atoms with van der Waals surface area (Å²) in [4.78, 5) is 3.36. The molecule has 0 atom stereocenters. The van der Waals surface area contributed by atoms with Gasteiger partial charge in [-0.15, -0.1) is 0 Å². The van der Waals surface area contributed by atoms with Gasteiger partial charge in [-0.1, -0.05) is 69.7 Å². The van der Waals surface area contributed by atoms with Crippen LogP contribution >= 0.6 is 0 Å². The molecule has 2 heterocycles. The maximum atomic E-state index is 13.8. The van der Waals surface area contributed by atoms with E-state index in [1.165, 1.54) is 6.08 Å². The topological polar surface area (TPSA) is 82.1 Å². The Morgan fingerprint density at radius 1 is 0.800 bits per heavy atom. The molecule has 0 saturated carbocycles. The zero-order valence-electron chi connectivity index (χ0n) is 26.4. The van der Waals surface area contributed by atoms with Crippen molar-refractivity contribution in [3.05, 3.63) is 118 Å². The van der Waals surface area contributed by atoms with Gasteiger partial charge in [0.25, 0.3) is 0 Å². The second-order valence-corrected chi connectivity index (χ2v) is 12.4. The summed E-state index contributed by atoms with van der Waals surface area (Å²) in [5.41, 5.74) is 6.12. The standard InChI is InChI=1S/C36H36N2O5S.Na/c1-6-13-25-19-20-33-30(22-25)38(34-26(14-7-2)23(4)21-24(5)35(34)43-33)36(44(39,40)41)27(8-3)37-28-15-9-11-17-31(28)42-32-18-12-10-16-29(32)37;/h8-12,15-22H,3,6-7,13-14H2,1-2,4-5H3,(H,39,40,41);/q;+1/p-1. The number of rotatable bonds is 8. The molecule has 0 spiro atoms. The molecule has 7 nitrogen and oxygen atoms in total. The molecule has 0 unspecified atom stereocenters. The Labute approximate surface area is 287 Å². The van der Waals surface area contributed by atoms with E-state index in [0.717, 1.165) is 41.5 Å². The average Bonchev–Trinajstić information content (AvgIpc) is 3.00. The normalized spacial score (nSPS) is 13.6. The van der Waals surface area contributed by atoms with E-state index >= 15 is 0 Å². The van der Waals surface area contributed by atoms with E-state index in [1.54, 1.807) is 9.80 Å². The van der Waals surface area contributed by atoms with Gasteiger partial charge in [0.2, 0.25) is 0 Å². The molecule has 9 heteroatoms. The van der Waals surface area contributed by atoms with Crippen LogP contribution in [0.25, 0.3) is 0 Å². The Hall–Kier alpha value is -3.53. The van der Waals surface area contributed by atoms with Crippen LogP contribution in [0.3, 0.4) is 0 Å². The van der Waals surface area contributed by atoms with Crippen molar-refractivity contribution >= 4 is 32.9 Å². The molecule has 0 aromatic heterocycles. The molecule has 0 aliphatic carbocycles. The van der Waals surface area contributed by atoms with Gasteiger partial charge in [0.1, 0.15) is 10.1 Å². The minimum absolute atomic E-state index is 0. The molecular formula is C36H35N2NaO5S. The van der Waals surface area contributed by atoms with Crippen molar-refractivity contribution in [1.29, 1.82) is 0 Å². The summed E-state index contributed by atoms with van der Waals surface area (Å²) >= 11 is 0. The number of fused-ring (bicyclic) bond motifs is 4. The van der Waals surface area contributed by atoms with E-state index in [0.29, 0.717) is 52.2 Å². The fourth-order valence-corrected chi connectivity index (χ4v) is 7.07. The first-order valence-electron chi connectivity index (χ1n) is 14.9. The molecule has 0 N–H and O–H groups in total. The summed E-state index contributed by atoms with van der Waals surface area (Å²) in [5.74, 6) is 2.06. The van der Waals surface area contributed by atoms with Crippen LogP contribution in [0.1, 0.15) is 48.9 Å². The summed E-state index contributed by atoms with van der Waals surface area (Å²) in [6, 6.07) is 22.5. The Kier molecular flexibility index (Phi) is 9.54. The number of nitrogens with zero attached hydrogens (tertiary/aromatic N) is 2. The molecule has 2 aliphatic rings. The van der Waals surface area contributed by atoms with E-state index in [4.69, 9.17) is 9.47 Å². The second-order valence-electron chi connectivity index (χ2n) is 11.1. The first-order valence-corrected chi connectivity index (χ1v) is 16.3. The van der Waals surface area contributed by atoms with Crippen LogP contribution < -0.4 is 48.8 Å². The molecule has 2 aliphatic heterocycles. The van der Waals surface area contributed by atoms with Crippen molar-refractivity contribution in [2.45, 2.75) is 53.4 Å². The average molecular weight is 631 g/mol. The van der Waals surface area contributed by atoms with E-state index in [-0.39, 0.29) is 35.3 Å². The smallest absolute Gasteiger partial charge is 0.743 e. The molecule has 6 rings (SSSR count). The molecule has 0 amide bonds. The third kappa shape index (κ3) is 5.82. The number of benzene rings is 4. The first kappa shape index (κ1) is 32.9. The zero-order chi connectivity index (χ0) is 31.2. The van der Waals surface area contributed by atoms with Crippen LogP contribution in [0, 0.1) is 13.8 Å². The van der Waals surface area contributed by atoms with Crippen LogP contribution in [0.15, 0.2) is 96.2 Å². The number of hydrogen-bond acceptors (Lipinski definition) is 7. The molecule has 226 valence electrons. The van der Waals surface area contributed by atoms with Gasteiger partial charge in [0, 0.05) is 0 Å². The predicted molar refractivity (Wildman–Crippen MR) is 175 cm³/mol. The fourth-order valence-electron chi connectivity index (χ4n) is 6.22. The summed E-state index contributed by atoms with van der Waals surface area (Å²) in [6.45, 7) is 12.2. The molecule has 0 fully saturated rings. The minimum atomic E-state index is -5.15. The summed E-state index contributed by atoms with van der Waals surface area (Å²) in [6.07, 6.45) is 4.60. The SMILES string of the molecule is C=CC(=C(N1c2cc(CCC)ccc2Oc2c(C)cc(C)c(CCC)c21)S(=O)(=O)[O-])N1c2ccccc2Oc2ccccc21.[Na+]. The van der Waals surface area contributed by atoms with Crippen LogP contribution in [0.5, 0.6) is 23.0 Å². The molecular weight excluding hydrogens is 595 g/mol. The van der Waals surface area contributed by atoms with Crippen molar-refractivity contribution in [2.24, 2.45) is 0 Å². The third-order valence-electron chi connectivity index (χ3n) is 8.03. The monoisotopic (exact) mass is 630 g/mol. The van der Waals surface area contributed by atoms with E-state index in [9.17, 15) is 13.0 Å². The van der Waals surface area contributed by atoms with Crippen molar-refractivity contribution < 1.29 is 52.0 Å². The second kappa shape index (κ2) is 13.1. The third-order valence-corrected chi connectivity index (χ3v) is 8.90. The maximum Gasteiger partial charge on any atom is 1.00 e. The van der Waals surface area contributed by atoms with Gasteiger partial charge in [-0.3, -0.25) is 4.90 Å². The minimum Gasteiger partial charge on any atom is -0.743 e. The molecule has 4 aromatic rings. The number of ether oxygens (including phenoxy) is 2. The van der Waals surface area contributed by atoms with Gasteiger partial charge in [-0.05, 0) is 91.4 Å². The molecule has 4 aromatic carbocycles. The first-order chi connectivity index (χ1) is 21.2. The number of para-hydroxylation sites is 4. The van der Waals surface area contributed by atoms with Gasteiger partial charge in [0.05, 0.1) is 28.4 Å².